The summed E-state index contributed by atoms with van der Waals surface area (Å²) in [7, 11) is 0. The minimum atomic E-state index is 0. The lowest BCUT2D eigenvalue weighted by atomic mass is 9.85. The maximum atomic E-state index is 12.3. The van der Waals surface area contributed by atoms with E-state index < -0.39 is 0 Å². The Bertz CT molecular complexity index is 647. The average molecular weight is 520 g/mol. The van der Waals surface area contributed by atoms with Crippen LogP contribution in [-0.2, 0) is 11.2 Å². The highest BCUT2D eigenvalue weighted by Gasteiger charge is 2.28. The van der Waals surface area contributed by atoms with Crippen LogP contribution in [0.5, 0.6) is 0 Å². The highest BCUT2D eigenvalue weighted by Crippen LogP contribution is 2.24. The Labute approximate surface area is 191 Å². The fourth-order valence-corrected chi connectivity index (χ4v) is 3.34. The number of amides is 1. The number of aliphatic imine (C=N–C) groups is 1. The summed E-state index contributed by atoms with van der Waals surface area (Å²) in [6, 6.07) is 0.436. The molecule has 0 aromatic carbocycles. The van der Waals surface area contributed by atoms with Crippen molar-refractivity contribution in [2.75, 3.05) is 13.1 Å². The summed E-state index contributed by atoms with van der Waals surface area (Å²) >= 11 is 0. The van der Waals surface area contributed by atoms with Gasteiger partial charge in [-0.2, -0.15) is 4.98 Å². The van der Waals surface area contributed by atoms with Crippen molar-refractivity contribution in [1.29, 1.82) is 0 Å². The summed E-state index contributed by atoms with van der Waals surface area (Å²) < 4.78 is 5.27. The third-order valence-corrected chi connectivity index (χ3v) is 4.76. The first-order valence-electron chi connectivity index (χ1n) is 10.6. The summed E-state index contributed by atoms with van der Waals surface area (Å²) in [6.07, 6.45) is 4.51. The molecule has 2 unspecified atom stereocenters. The van der Waals surface area contributed by atoms with Gasteiger partial charge in [0.05, 0.1) is 6.54 Å². The van der Waals surface area contributed by atoms with E-state index in [9.17, 15) is 4.79 Å². The van der Waals surface area contributed by atoms with Gasteiger partial charge in [0.15, 0.2) is 11.8 Å². The second kappa shape index (κ2) is 13.0. The third kappa shape index (κ3) is 8.88. The van der Waals surface area contributed by atoms with Gasteiger partial charge in [-0.1, -0.05) is 25.4 Å². The predicted molar refractivity (Wildman–Crippen MR) is 126 cm³/mol. The molecular weight excluding hydrogens is 483 g/mol. The van der Waals surface area contributed by atoms with Gasteiger partial charge in [0.25, 0.3) is 0 Å². The van der Waals surface area contributed by atoms with Crippen molar-refractivity contribution in [3.05, 3.63) is 11.7 Å². The van der Waals surface area contributed by atoms with Gasteiger partial charge >= 0.3 is 0 Å². The van der Waals surface area contributed by atoms with E-state index in [0.717, 1.165) is 44.0 Å². The smallest absolute Gasteiger partial charge is 0.228 e. The van der Waals surface area contributed by atoms with Crippen LogP contribution < -0.4 is 16.0 Å². The summed E-state index contributed by atoms with van der Waals surface area (Å²) in [6.45, 7) is 11.5. The van der Waals surface area contributed by atoms with E-state index in [0.29, 0.717) is 18.9 Å². The van der Waals surface area contributed by atoms with Crippen LogP contribution in [0, 0.1) is 5.92 Å². The lowest BCUT2D eigenvalue weighted by Gasteiger charge is -2.30. The van der Waals surface area contributed by atoms with Crippen LogP contribution in [0.15, 0.2) is 9.52 Å². The number of hydrogen-bond acceptors (Lipinski definition) is 5. The number of carbonyl (C=O) groups is 1. The fourth-order valence-electron chi connectivity index (χ4n) is 3.34. The number of nitrogens with one attached hydrogen (secondary N) is 3. The molecule has 1 aliphatic carbocycles. The topological polar surface area (TPSA) is 104 Å². The van der Waals surface area contributed by atoms with Crippen LogP contribution in [0.1, 0.15) is 77.9 Å². The highest BCUT2D eigenvalue weighted by atomic mass is 127. The molecule has 0 saturated heterocycles. The number of guanidine groups is 1. The molecule has 2 rings (SSSR count). The SMILES string of the molecule is CCNC(=NCCc1nc(C(C)C)no1)NC1CCCC(C(=O)NC(C)C)C1.I. The Morgan fingerprint density at radius 1 is 1.28 bits per heavy atom. The first kappa shape index (κ1) is 25.6. The fraction of sp³-hybridized carbons (Fsp3) is 0.800. The van der Waals surface area contributed by atoms with Crippen molar-refractivity contribution in [1.82, 2.24) is 26.1 Å². The van der Waals surface area contributed by atoms with Crippen molar-refractivity contribution in [3.63, 3.8) is 0 Å². The van der Waals surface area contributed by atoms with Crippen LogP contribution >= 0.6 is 24.0 Å². The molecule has 0 aliphatic heterocycles. The Kier molecular flexibility index (Phi) is 11.5. The Morgan fingerprint density at radius 2 is 2.03 bits per heavy atom. The molecule has 1 aromatic rings. The van der Waals surface area contributed by atoms with E-state index in [2.05, 4.69) is 31.1 Å². The quantitative estimate of drug-likeness (QED) is 0.277. The predicted octanol–water partition coefficient (Wildman–Crippen LogP) is 2.99. The average Bonchev–Trinajstić information content (AvgIpc) is 3.11. The van der Waals surface area contributed by atoms with Crippen LogP contribution in [0.4, 0.5) is 0 Å². The van der Waals surface area contributed by atoms with E-state index in [4.69, 9.17) is 4.52 Å². The van der Waals surface area contributed by atoms with Gasteiger partial charge in [0.1, 0.15) is 0 Å². The van der Waals surface area contributed by atoms with Gasteiger partial charge in [-0.3, -0.25) is 9.79 Å². The van der Waals surface area contributed by atoms with Gasteiger partial charge in [-0.05, 0) is 40.0 Å². The third-order valence-electron chi connectivity index (χ3n) is 4.76. The number of nitrogens with zero attached hydrogens (tertiary/aromatic N) is 3. The highest BCUT2D eigenvalue weighted by molar-refractivity contribution is 14.0. The van der Waals surface area contributed by atoms with Crippen LogP contribution in [-0.4, -0.2) is 47.2 Å². The van der Waals surface area contributed by atoms with Crippen molar-refractivity contribution >= 4 is 35.8 Å². The molecule has 1 fully saturated rings. The standard InChI is InChI=1S/C20H36N6O2.HI/c1-6-21-20(22-11-10-17-25-18(13(2)3)26-28-17)24-16-9-7-8-15(12-16)19(27)23-14(4)5;/h13-16H,6-12H2,1-5H3,(H,23,27)(H2,21,22,24);1H. The number of aromatic nitrogens is 2. The lowest BCUT2D eigenvalue weighted by molar-refractivity contribution is -0.126. The largest absolute Gasteiger partial charge is 0.357 e. The van der Waals surface area contributed by atoms with E-state index in [1.54, 1.807) is 0 Å². The molecule has 1 aromatic heterocycles. The number of halogens is 1. The Hall–Kier alpha value is -1.39. The second-order valence-electron chi connectivity index (χ2n) is 8.08. The van der Waals surface area contributed by atoms with Crippen molar-refractivity contribution in [2.24, 2.45) is 10.9 Å². The maximum Gasteiger partial charge on any atom is 0.228 e. The van der Waals surface area contributed by atoms with Gasteiger partial charge < -0.3 is 20.5 Å². The lowest BCUT2D eigenvalue weighted by Crippen LogP contribution is -2.47. The molecule has 1 aliphatic rings. The van der Waals surface area contributed by atoms with E-state index in [1.807, 2.05) is 34.6 Å². The molecule has 2 atom stereocenters. The van der Waals surface area contributed by atoms with E-state index in [-0.39, 0.29) is 53.8 Å². The molecule has 3 N–H and O–H groups in total. The van der Waals surface area contributed by atoms with Crippen LogP contribution in [0.25, 0.3) is 0 Å². The molecule has 0 bridgehead atoms. The molecule has 29 heavy (non-hydrogen) atoms. The van der Waals surface area contributed by atoms with Gasteiger partial charge in [0, 0.05) is 36.9 Å². The normalized spacial score (nSPS) is 19.8. The minimum absolute atomic E-state index is 0. The number of hydrogen-bond donors (Lipinski definition) is 3. The molecule has 1 heterocycles. The van der Waals surface area contributed by atoms with Crippen LogP contribution in [0.2, 0.25) is 0 Å². The van der Waals surface area contributed by atoms with Crippen LogP contribution in [0.3, 0.4) is 0 Å². The summed E-state index contributed by atoms with van der Waals surface area (Å²) in [5.74, 6) is 2.63. The Morgan fingerprint density at radius 3 is 2.66 bits per heavy atom. The maximum absolute atomic E-state index is 12.3. The van der Waals surface area contributed by atoms with Crippen molar-refractivity contribution < 1.29 is 9.32 Å². The zero-order valence-corrected chi connectivity index (χ0v) is 20.7. The molecule has 9 heteroatoms. The molecule has 166 valence electrons. The minimum Gasteiger partial charge on any atom is -0.357 e. The summed E-state index contributed by atoms with van der Waals surface area (Å²) in [4.78, 5) is 21.4. The number of carbonyl (C=O) groups excluding carboxylic acids is 1. The number of rotatable bonds is 8. The molecule has 1 saturated carbocycles. The second-order valence-corrected chi connectivity index (χ2v) is 8.08. The summed E-state index contributed by atoms with van der Waals surface area (Å²) in [5.41, 5.74) is 0. The molecule has 1 amide bonds. The Balaban J connectivity index is 0.00000420. The zero-order valence-electron chi connectivity index (χ0n) is 18.3. The van der Waals surface area contributed by atoms with Gasteiger partial charge in [-0.15, -0.1) is 24.0 Å². The molecule has 8 nitrogen and oxygen atoms in total. The van der Waals surface area contributed by atoms with Gasteiger partial charge in [-0.25, -0.2) is 0 Å². The first-order chi connectivity index (χ1) is 13.4. The van der Waals surface area contributed by atoms with Crippen molar-refractivity contribution in [2.45, 2.75) is 84.7 Å². The first-order valence-corrected chi connectivity index (χ1v) is 10.6. The van der Waals surface area contributed by atoms with E-state index >= 15 is 0 Å². The monoisotopic (exact) mass is 520 g/mol. The van der Waals surface area contributed by atoms with Crippen molar-refractivity contribution in [3.8, 4) is 0 Å². The molecule has 0 spiro atoms. The van der Waals surface area contributed by atoms with E-state index in [1.165, 1.54) is 0 Å². The zero-order chi connectivity index (χ0) is 20.5. The molecule has 0 radical (unpaired) electrons. The summed E-state index contributed by atoms with van der Waals surface area (Å²) in [5, 5.41) is 13.8. The van der Waals surface area contributed by atoms with Gasteiger partial charge in [0.2, 0.25) is 11.8 Å². The molecular formula is C20H37IN6O2.